The van der Waals surface area contributed by atoms with Crippen molar-refractivity contribution in [2.24, 2.45) is 0 Å². The molecular weight excluding hydrogens is 240 g/mol. The maximum atomic E-state index is 11.3. The summed E-state index contributed by atoms with van der Waals surface area (Å²) >= 11 is 0. The van der Waals surface area contributed by atoms with Gasteiger partial charge in [0.15, 0.2) is 5.78 Å². The highest BCUT2D eigenvalue weighted by molar-refractivity contribution is 5.94. The molecule has 0 amide bonds. The summed E-state index contributed by atoms with van der Waals surface area (Å²) < 4.78 is 0. The van der Waals surface area contributed by atoms with Crippen molar-refractivity contribution in [2.45, 2.75) is 19.4 Å². The van der Waals surface area contributed by atoms with Gasteiger partial charge in [0.2, 0.25) is 0 Å². The Bertz CT molecular complexity index is 430. The lowest BCUT2D eigenvalue weighted by molar-refractivity contribution is 0.101. The van der Waals surface area contributed by atoms with Gasteiger partial charge in [-0.2, -0.15) is 0 Å². The van der Waals surface area contributed by atoms with Gasteiger partial charge in [0.25, 0.3) is 0 Å². The number of aliphatic hydroxyl groups is 1. The van der Waals surface area contributed by atoms with Crippen LogP contribution in [-0.4, -0.2) is 55.1 Å². The summed E-state index contributed by atoms with van der Waals surface area (Å²) in [6.07, 6.45) is 1.08. The van der Waals surface area contributed by atoms with Gasteiger partial charge in [-0.15, -0.1) is 0 Å². The van der Waals surface area contributed by atoms with Crippen LogP contribution in [0.2, 0.25) is 0 Å². The molecule has 0 radical (unpaired) electrons. The number of nitrogens with zero attached hydrogens (tertiary/aromatic N) is 2. The highest BCUT2D eigenvalue weighted by Crippen LogP contribution is 2.21. The fourth-order valence-corrected chi connectivity index (χ4v) is 2.63. The molecule has 1 fully saturated rings. The monoisotopic (exact) mass is 262 g/mol. The number of carbonyl (C=O) groups excluding carboxylic acids is 1. The van der Waals surface area contributed by atoms with Crippen LogP contribution in [0.1, 0.15) is 23.7 Å². The highest BCUT2D eigenvalue weighted by Gasteiger charge is 2.22. The van der Waals surface area contributed by atoms with Gasteiger partial charge in [0, 0.05) is 24.3 Å². The van der Waals surface area contributed by atoms with Gasteiger partial charge in [-0.05, 0) is 51.2 Å². The molecule has 0 spiro atoms. The molecule has 104 valence electrons. The molecule has 1 aromatic rings. The molecule has 1 aliphatic heterocycles. The molecule has 0 saturated carbocycles. The summed E-state index contributed by atoms with van der Waals surface area (Å²) in [6.45, 7) is 4.59. The van der Waals surface area contributed by atoms with Crippen LogP contribution in [0, 0.1) is 0 Å². The van der Waals surface area contributed by atoms with Crippen LogP contribution in [0.3, 0.4) is 0 Å². The van der Waals surface area contributed by atoms with Crippen LogP contribution >= 0.6 is 0 Å². The van der Waals surface area contributed by atoms with Gasteiger partial charge in [-0.25, -0.2) is 0 Å². The van der Waals surface area contributed by atoms with Crippen molar-refractivity contribution >= 4 is 11.5 Å². The lowest BCUT2D eigenvalue weighted by Gasteiger charge is -2.31. The van der Waals surface area contributed by atoms with Crippen LogP contribution in [0.25, 0.3) is 0 Å². The van der Waals surface area contributed by atoms with E-state index in [4.69, 9.17) is 0 Å². The van der Waals surface area contributed by atoms with Crippen LogP contribution < -0.4 is 4.90 Å². The lowest BCUT2D eigenvalue weighted by atomic mass is 10.1. The van der Waals surface area contributed by atoms with Crippen molar-refractivity contribution in [3.05, 3.63) is 29.8 Å². The van der Waals surface area contributed by atoms with E-state index in [9.17, 15) is 9.90 Å². The SMILES string of the molecule is CC(=O)c1ccc(N2CCCN(C)CC2CO)cc1. The first kappa shape index (κ1) is 14.0. The molecule has 1 heterocycles. The maximum Gasteiger partial charge on any atom is 0.159 e. The smallest absolute Gasteiger partial charge is 0.159 e. The molecule has 1 aromatic carbocycles. The molecule has 1 atom stereocenters. The first-order chi connectivity index (χ1) is 9.11. The summed E-state index contributed by atoms with van der Waals surface area (Å²) in [6, 6.07) is 7.80. The van der Waals surface area contributed by atoms with Gasteiger partial charge in [0.05, 0.1) is 12.6 Å². The summed E-state index contributed by atoms with van der Waals surface area (Å²) in [5, 5.41) is 9.59. The Kier molecular flexibility index (Phi) is 4.56. The number of Topliss-reactive ketones (excluding diaryl/α,β-unsaturated/α-hetero) is 1. The first-order valence-corrected chi connectivity index (χ1v) is 6.79. The van der Waals surface area contributed by atoms with Crippen LogP contribution in [-0.2, 0) is 0 Å². The summed E-state index contributed by atoms with van der Waals surface area (Å²) in [5.74, 6) is 0.0841. The second-order valence-electron chi connectivity index (χ2n) is 5.25. The summed E-state index contributed by atoms with van der Waals surface area (Å²) in [4.78, 5) is 15.8. The van der Waals surface area contributed by atoms with E-state index in [1.165, 1.54) is 0 Å². The van der Waals surface area contributed by atoms with E-state index in [1.54, 1.807) is 6.92 Å². The average Bonchev–Trinajstić information content (AvgIpc) is 2.60. The number of aliphatic hydroxyl groups excluding tert-OH is 1. The predicted molar refractivity (Wildman–Crippen MR) is 76.8 cm³/mol. The predicted octanol–water partition coefficient (Wildman–Crippen LogP) is 1.39. The Morgan fingerprint density at radius 2 is 2.00 bits per heavy atom. The fourth-order valence-electron chi connectivity index (χ4n) is 2.63. The molecular formula is C15H22N2O2. The van der Waals surface area contributed by atoms with Gasteiger partial charge in [-0.1, -0.05) is 0 Å². The zero-order valence-corrected chi connectivity index (χ0v) is 11.7. The van der Waals surface area contributed by atoms with Gasteiger partial charge in [0.1, 0.15) is 0 Å². The van der Waals surface area contributed by atoms with Crippen LogP contribution in [0.4, 0.5) is 5.69 Å². The second-order valence-corrected chi connectivity index (χ2v) is 5.25. The normalized spacial score (nSPS) is 21.2. The molecule has 1 unspecified atom stereocenters. The Hall–Kier alpha value is -1.39. The molecule has 1 N–H and O–H groups in total. The lowest BCUT2D eigenvalue weighted by Crippen LogP contribution is -2.42. The zero-order valence-electron chi connectivity index (χ0n) is 11.7. The number of hydrogen-bond acceptors (Lipinski definition) is 4. The summed E-state index contributed by atoms with van der Waals surface area (Å²) in [5.41, 5.74) is 1.82. The minimum atomic E-state index is 0.0841. The number of likely N-dealkylation sites (N-methyl/N-ethyl adjacent to an activating group) is 1. The molecule has 1 aliphatic rings. The summed E-state index contributed by atoms with van der Waals surface area (Å²) in [7, 11) is 2.09. The Labute approximate surface area is 114 Å². The molecule has 19 heavy (non-hydrogen) atoms. The van der Waals surface area contributed by atoms with Crippen molar-refractivity contribution in [2.75, 3.05) is 38.2 Å². The molecule has 2 rings (SSSR count). The van der Waals surface area contributed by atoms with Crippen molar-refractivity contribution in [1.29, 1.82) is 0 Å². The third-order valence-corrected chi connectivity index (χ3v) is 3.72. The minimum Gasteiger partial charge on any atom is -0.394 e. The number of carbonyl (C=O) groups is 1. The quantitative estimate of drug-likeness (QED) is 0.836. The third-order valence-electron chi connectivity index (χ3n) is 3.72. The van der Waals surface area contributed by atoms with E-state index in [0.29, 0.717) is 0 Å². The van der Waals surface area contributed by atoms with E-state index < -0.39 is 0 Å². The largest absolute Gasteiger partial charge is 0.394 e. The molecule has 0 aliphatic carbocycles. The van der Waals surface area contributed by atoms with Crippen LogP contribution in [0.5, 0.6) is 0 Å². The van der Waals surface area contributed by atoms with E-state index in [0.717, 1.165) is 37.3 Å². The topological polar surface area (TPSA) is 43.8 Å². The first-order valence-electron chi connectivity index (χ1n) is 6.79. The Balaban J connectivity index is 2.20. The highest BCUT2D eigenvalue weighted by atomic mass is 16.3. The van der Waals surface area contributed by atoms with E-state index in [-0.39, 0.29) is 18.4 Å². The number of benzene rings is 1. The third kappa shape index (κ3) is 3.33. The number of anilines is 1. The molecule has 4 nitrogen and oxygen atoms in total. The zero-order chi connectivity index (χ0) is 13.8. The van der Waals surface area contributed by atoms with Gasteiger partial charge < -0.3 is 14.9 Å². The second kappa shape index (κ2) is 6.17. The van der Waals surface area contributed by atoms with Crippen molar-refractivity contribution in [3.63, 3.8) is 0 Å². The van der Waals surface area contributed by atoms with Crippen LogP contribution in [0.15, 0.2) is 24.3 Å². The average molecular weight is 262 g/mol. The van der Waals surface area contributed by atoms with E-state index >= 15 is 0 Å². The Morgan fingerprint density at radius 3 is 2.58 bits per heavy atom. The minimum absolute atomic E-state index is 0.0841. The van der Waals surface area contributed by atoms with E-state index in [1.807, 2.05) is 24.3 Å². The number of rotatable bonds is 3. The van der Waals surface area contributed by atoms with Crippen molar-refractivity contribution in [3.8, 4) is 0 Å². The molecule has 4 heteroatoms. The number of ketones is 1. The fraction of sp³-hybridized carbons (Fsp3) is 0.533. The van der Waals surface area contributed by atoms with E-state index in [2.05, 4.69) is 16.8 Å². The molecule has 0 bridgehead atoms. The molecule has 1 saturated heterocycles. The number of hydrogen-bond donors (Lipinski definition) is 1. The maximum absolute atomic E-state index is 11.3. The van der Waals surface area contributed by atoms with Crippen molar-refractivity contribution in [1.82, 2.24) is 4.90 Å². The van der Waals surface area contributed by atoms with Gasteiger partial charge >= 0.3 is 0 Å². The Morgan fingerprint density at radius 1 is 1.32 bits per heavy atom. The molecule has 0 aromatic heterocycles. The standard InChI is InChI=1S/C15H22N2O2/c1-12(19)13-4-6-14(7-5-13)17-9-3-8-16(2)10-15(17)11-18/h4-7,15,18H,3,8-11H2,1-2H3. The van der Waals surface area contributed by atoms with Crippen molar-refractivity contribution < 1.29 is 9.90 Å². The van der Waals surface area contributed by atoms with Gasteiger partial charge in [-0.3, -0.25) is 4.79 Å².